The van der Waals surface area contributed by atoms with Gasteiger partial charge in [-0.2, -0.15) is 0 Å². The van der Waals surface area contributed by atoms with Gasteiger partial charge in [-0.1, -0.05) is 31.2 Å². The van der Waals surface area contributed by atoms with Crippen LogP contribution < -0.4 is 5.32 Å². The zero-order valence-electron chi connectivity index (χ0n) is 17.9. The van der Waals surface area contributed by atoms with Crippen LogP contribution >= 0.6 is 11.3 Å². The fourth-order valence-corrected chi connectivity index (χ4v) is 7.49. The van der Waals surface area contributed by atoms with Gasteiger partial charge in [0.1, 0.15) is 0 Å². The first kappa shape index (κ1) is 19.9. The summed E-state index contributed by atoms with van der Waals surface area (Å²) in [6, 6.07) is 9.00. The number of anilines is 1. The molecule has 5 rings (SSSR count). The molecule has 1 aromatic heterocycles. The SMILES string of the molecule is Cc1cnc(NC(=O)CC[C@@H]2CC(=N)[C@@]3(C)CC[C@@H]4c5ccccc5CC[C@H]4[C@H]23)s1. The topological polar surface area (TPSA) is 65.8 Å². The Morgan fingerprint density at radius 1 is 1.33 bits per heavy atom. The Morgan fingerprint density at radius 3 is 2.97 bits per heavy atom. The molecule has 4 nitrogen and oxygen atoms in total. The molecule has 3 aliphatic rings. The van der Waals surface area contributed by atoms with Crippen LogP contribution in [-0.2, 0) is 11.2 Å². The van der Waals surface area contributed by atoms with Gasteiger partial charge in [0, 0.05) is 28.6 Å². The molecule has 158 valence electrons. The van der Waals surface area contributed by atoms with Gasteiger partial charge in [0.05, 0.1) is 0 Å². The van der Waals surface area contributed by atoms with Crippen molar-refractivity contribution < 1.29 is 4.79 Å². The fourth-order valence-electron chi connectivity index (χ4n) is 6.81. The van der Waals surface area contributed by atoms with Crippen molar-refractivity contribution in [1.29, 1.82) is 5.41 Å². The van der Waals surface area contributed by atoms with Crippen molar-refractivity contribution in [3.63, 3.8) is 0 Å². The standard InChI is InChI=1S/C25H31N3OS/c1-15-14-27-24(30-15)28-22(29)10-8-17-13-21(26)25(2)12-11-19-18-6-4-3-5-16(18)7-9-20(19)23(17)25/h3-6,14,17,19-20,23,26H,7-13H2,1-2H3,(H,27,28,29)/t17-,19-,20-,23+,25-/m1/s1. The minimum atomic E-state index is 0.0288. The molecule has 0 unspecified atom stereocenters. The first-order chi connectivity index (χ1) is 14.5. The number of carbonyl (C=O) groups excluding carboxylic acids is 1. The lowest BCUT2D eigenvalue weighted by Gasteiger charge is -2.50. The number of benzene rings is 1. The van der Waals surface area contributed by atoms with E-state index in [-0.39, 0.29) is 11.3 Å². The van der Waals surface area contributed by atoms with Crippen LogP contribution in [0.4, 0.5) is 5.13 Å². The van der Waals surface area contributed by atoms with E-state index in [9.17, 15) is 4.79 Å². The highest BCUT2D eigenvalue weighted by molar-refractivity contribution is 7.15. The Bertz CT molecular complexity index is 982. The van der Waals surface area contributed by atoms with Crippen molar-refractivity contribution in [3.8, 4) is 0 Å². The normalized spacial score (nSPS) is 32.3. The van der Waals surface area contributed by atoms with Gasteiger partial charge in [-0.3, -0.25) is 4.79 Å². The molecular weight excluding hydrogens is 390 g/mol. The van der Waals surface area contributed by atoms with Crippen LogP contribution in [0.3, 0.4) is 0 Å². The predicted octanol–water partition coefficient (Wildman–Crippen LogP) is 5.97. The third-order valence-electron chi connectivity index (χ3n) is 8.16. The van der Waals surface area contributed by atoms with Gasteiger partial charge in [-0.15, -0.1) is 11.3 Å². The molecule has 5 heteroatoms. The van der Waals surface area contributed by atoms with Crippen LogP contribution in [0.15, 0.2) is 30.5 Å². The lowest BCUT2D eigenvalue weighted by molar-refractivity contribution is -0.116. The largest absolute Gasteiger partial charge is 0.309 e. The third kappa shape index (κ3) is 3.31. The molecule has 1 aromatic carbocycles. The Balaban J connectivity index is 1.33. The maximum Gasteiger partial charge on any atom is 0.226 e. The van der Waals surface area contributed by atoms with Crippen LogP contribution in [0.25, 0.3) is 0 Å². The first-order valence-corrected chi connectivity index (χ1v) is 12.2. The van der Waals surface area contributed by atoms with Gasteiger partial charge in [-0.05, 0) is 80.2 Å². The van der Waals surface area contributed by atoms with E-state index in [1.165, 1.54) is 29.7 Å². The van der Waals surface area contributed by atoms with Gasteiger partial charge in [0.15, 0.2) is 5.13 Å². The van der Waals surface area contributed by atoms with E-state index >= 15 is 0 Å². The minimum Gasteiger partial charge on any atom is -0.309 e. The van der Waals surface area contributed by atoms with Crippen LogP contribution in [0.5, 0.6) is 0 Å². The van der Waals surface area contributed by atoms with Gasteiger partial charge in [0.25, 0.3) is 0 Å². The number of fused-ring (bicyclic) bond motifs is 5. The van der Waals surface area contributed by atoms with Gasteiger partial charge >= 0.3 is 0 Å². The summed E-state index contributed by atoms with van der Waals surface area (Å²) in [6.45, 7) is 4.34. The molecular formula is C25H31N3OS. The number of aryl methyl sites for hydroxylation is 2. The molecule has 0 saturated heterocycles. The number of hydrogen-bond donors (Lipinski definition) is 2. The summed E-state index contributed by atoms with van der Waals surface area (Å²) in [5, 5.41) is 12.5. The van der Waals surface area contributed by atoms with Crippen molar-refractivity contribution in [1.82, 2.24) is 4.98 Å². The summed E-state index contributed by atoms with van der Waals surface area (Å²) >= 11 is 1.52. The first-order valence-electron chi connectivity index (χ1n) is 11.3. The highest BCUT2D eigenvalue weighted by atomic mass is 32.1. The van der Waals surface area contributed by atoms with E-state index in [0.717, 1.165) is 36.3 Å². The molecule has 1 heterocycles. The smallest absolute Gasteiger partial charge is 0.226 e. The van der Waals surface area contributed by atoms with E-state index in [4.69, 9.17) is 5.41 Å². The summed E-state index contributed by atoms with van der Waals surface area (Å²) in [5.41, 5.74) is 4.06. The number of thiazole rings is 1. The van der Waals surface area contributed by atoms with E-state index in [2.05, 4.69) is 41.5 Å². The monoisotopic (exact) mass is 421 g/mol. The average molecular weight is 422 g/mol. The zero-order chi connectivity index (χ0) is 20.9. The maximum atomic E-state index is 12.5. The number of nitrogens with zero attached hydrogens (tertiary/aromatic N) is 1. The van der Waals surface area contributed by atoms with Crippen LogP contribution in [0.1, 0.15) is 67.4 Å². The summed E-state index contributed by atoms with van der Waals surface area (Å²) in [7, 11) is 0. The van der Waals surface area contributed by atoms with E-state index in [1.807, 2.05) is 6.92 Å². The summed E-state index contributed by atoms with van der Waals surface area (Å²) in [6.07, 6.45) is 8.79. The Labute approximate surface area is 183 Å². The second-order valence-corrected chi connectivity index (χ2v) is 11.0. The molecule has 5 atom stereocenters. The molecule has 2 aromatic rings. The quantitative estimate of drug-likeness (QED) is 0.638. The van der Waals surface area contributed by atoms with E-state index in [1.54, 1.807) is 11.8 Å². The summed E-state index contributed by atoms with van der Waals surface area (Å²) in [4.78, 5) is 17.9. The summed E-state index contributed by atoms with van der Waals surface area (Å²) < 4.78 is 0. The van der Waals surface area contributed by atoms with Crippen molar-refractivity contribution in [2.24, 2.45) is 23.2 Å². The predicted molar refractivity (Wildman–Crippen MR) is 122 cm³/mol. The molecule has 3 aliphatic carbocycles. The van der Waals surface area contributed by atoms with Crippen LogP contribution in [0, 0.1) is 35.5 Å². The number of amides is 1. The minimum absolute atomic E-state index is 0.0288. The van der Waals surface area contributed by atoms with Crippen molar-refractivity contribution in [3.05, 3.63) is 46.5 Å². The lowest BCUT2D eigenvalue weighted by Crippen LogP contribution is -2.44. The highest BCUT2D eigenvalue weighted by Gasteiger charge is 2.56. The van der Waals surface area contributed by atoms with Crippen molar-refractivity contribution >= 4 is 28.1 Å². The molecule has 30 heavy (non-hydrogen) atoms. The Kier molecular flexibility index (Phi) is 5.04. The highest BCUT2D eigenvalue weighted by Crippen LogP contribution is 2.62. The molecule has 1 amide bonds. The lowest BCUT2D eigenvalue weighted by atomic mass is 9.54. The summed E-state index contributed by atoms with van der Waals surface area (Å²) in [5.74, 6) is 2.33. The number of hydrogen-bond acceptors (Lipinski definition) is 4. The van der Waals surface area contributed by atoms with Gasteiger partial charge < -0.3 is 10.7 Å². The van der Waals surface area contributed by atoms with Crippen LogP contribution in [-0.4, -0.2) is 16.6 Å². The maximum absolute atomic E-state index is 12.5. The number of rotatable bonds is 4. The van der Waals surface area contributed by atoms with E-state index < -0.39 is 0 Å². The zero-order valence-corrected chi connectivity index (χ0v) is 18.7. The average Bonchev–Trinajstić information content (AvgIpc) is 3.26. The van der Waals surface area contributed by atoms with Gasteiger partial charge in [-0.25, -0.2) is 4.98 Å². The van der Waals surface area contributed by atoms with Crippen molar-refractivity contribution in [2.75, 3.05) is 5.32 Å². The molecule has 0 aliphatic heterocycles. The Hall–Kier alpha value is -2.01. The number of carbonyl (C=O) groups is 1. The van der Waals surface area contributed by atoms with E-state index in [0.29, 0.717) is 35.2 Å². The molecule has 2 fully saturated rings. The fraction of sp³-hybridized carbons (Fsp3) is 0.560. The van der Waals surface area contributed by atoms with Crippen LogP contribution in [0.2, 0.25) is 0 Å². The molecule has 2 N–H and O–H groups in total. The molecule has 0 radical (unpaired) electrons. The van der Waals surface area contributed by atoms with Gasteiger partial charge in [0.2, 0.25) is 5.91 Å². The number of aromatic nitrogens is 1. The second kappa shape index (κ2) is 7.60. The molecule has 0 bridgehead atoms. The van der Waals surface area contributed by atoms with Crippen molar-refractivity contribution in [2.45, 2.75) is 64.7 Å². The number of nitrogens with one attached hydrogen (secondary N) is 2. The Morgan fingerprint density at radius 2 is 2.17 bits per heavy atom. The second-order valence-electron chi connectivity index (χ2n) is 9.80. The molecule has 2 saturated carbocycles. The third-order valence-corrected chi connectivity index (χ3v) is 8.99. The molecule has 0 spiro atoms.